The largest absolute Gasteiger partial charge is 0.397 e. The second-order valence-corrected chi connectivity index (χ2v) is 8.46. The van der Waals surface area contributed by atoms with Crippen molar-refractivity contribution in [1.82, 2.24) is 20.2 Å². The summed E-state index contributed by atoms with van der Waals surface area (Å²) in [6.07, 6.45) is 9.21. The minimum atomic E-state index is 0.300. The maximum Gasteiger partial charge on any atom is 0.115 e. The Morgan fingerprint density at radius 1 is 1.23 bits per heavy atom. The van der Waals surface area contributed by atoms with Crippen molar-refractivity contribution < 1.29 is 4.74 Å². The van der Waals surface area contributed by atoms with E-state index in [1.54, 1.807) is 6.33 Å². The van der Waals surface area contributed by atoms with Gasteiger partial charge in [0.2, 0.25) is 0 Å². The molecule has 0 radical (unpaired) electrons. The summed E-state index contributed by atoms with van der Waals surface area (Å²) in [6, 6.07) is 8.57. The number of hydrogen-bond donors (Lipinski definition) is 2. The predicted octanol–water partition coefficient (Wildman–Crippen LogP) is 2.52. The standard InChI is InChI=1S/C24H34N6O/c1-19-14-21(30-11-9-29(10-12-30)17-20-7-8-26-18-28-20)5-6-23(19)24(25)16-27-15-22-4-2-3-13-31-22/h5-8,14,16,18,22,27H,2-4,9-13,15,17,25H2,1H3/b24-16-. The van der Waals surface area contributed by atoms with Crippen LogP contribution in [0.15, 0.2) is 43.0 Å². The van der Waals surface area contributed by atoms with E-state index in [0.29, 0.717) is 6.10 Å². The van der Waals surface area contributed by atoms with Gasteiger partial charge in [-0.3, -0.25) is 4.90 Å². The predicted molar refractivity (Wildman–Crippen MR) is 124 cm³/mol. The Hall–Kier alpha value is -2.64. The number of nitrogens with zero attached hydrogens (tertiary/aromatic N) is 4. The molecule has 0 aliphatic carbocycles. The Balaban J connectivity index is 1.29. The minimum Gasteiger partial charge on any atom is -0.397 e. The molecule has 2 aromatic rings. The first-order valence-electron chi connectivity index (χ1n) is 11.3. The zero-order valence-corrected chi connectivity index (χ0v) is 18.5. The van der Waals surface area contributed by atoms with Gasteiger partial charge >= 0.3 is 0 Å². The van der Waals surface area contributed by atoms with Crippen LogP contribution in [0.25, 0.3) is 5.70 Å². The molecule has 4 rings (SSSR count). The number of hydrogen-bond acceptors (Lipinski definition) is 7. The summed E-state index contributed by atoms with van der Waals surface area (Å²) in [6.45, 7) is 8.79. The van der Waals surface area contributed by atoms with Crippen LogP contribution >= 0.6 is 0 Å². The summed E-state index contributed by atoms with van der Waals surface area (Å²) in [5.74, 6) is 0. The maximum absolute atomic E-state index is 6.36. The summed E-state index contributed by atoms with van der Waals surface area (Å²) in [5.41, 5.74) is 11.8. The monoisotopic (exact) mass is 422 g/mol. The van der Waals surface area contributed by atoms with Crippen LogP contribution < -0.4 is 16.0 Å². The molecule has 1 atom stereocenters. The van der Waals surface area contributed by atoms with Gasteiger partial charge in [-0.2, -0.15) is 0 Å². The first-order valence-corrected chi connectivity index (χ1v) is 11.3. The van der Waals surface area contributed by atoms with Crippen molar-refractivity contribution in [1.29, 1.82) is 0 Å². The average Bonchev–Trinajstić information content (AvgIpc) is 2.81. The topological polar surface area (TPSA) is 79.5 Å². The van der Waals surface area contributed by atoms with Crippen LogP contribution in [0, 0.1) is 6.92 Å². The molecule has 0 amide bonds. The van der Waals surface area contributed by atoms with E-state index in [9.17, 15) is 0 Å². The molecular weight excluding hydrogens is 388 g/mol. The number of rotatable bonds is 7. The number of aromatic nitrogens is 2. The quantitative estimate of drug-likeness (QED) is 0.710. The lowest BCUT2D eigenvalue weighted by Crippen LogP contribution is -2.46. The highest BCUT2D eigenvalue weighted by molar-refractivity contribution is 5.68. The number of piperazine rings is 1. The van der Waals surface area contributed by atoms with E-state index in [0.717, 1.165) is 69.3 Å². The fraction of sp³-hybridized carbons (Fsp3) is 0.500. The lowest BCUT2D eigenvalue weighted by Gasteiger charge is -2.36. The van der Waals surface area contributed by atoms with Crippen molar-refractivity contribution in [3.8, 4) is 0 Å². The van der Waals surface area contributed by atoms with Crippen LogP contribution in [0.5, 0.6) is 0 Å². The van der Waals surface area contributed by atoms with Crippen molar-refractivity contribution in [3.05, 3.63) is 59.8 Å². The van der Waals surface area contributed by atoms with Crippen molar-refractivity contribution in [2.24, 2.45) is 5.73 Å². The third-order valence-corrected chi connectivity index (χ3v) is 6.16. The Morgan fingerprint density at radius 2 is 2.10 bits per heavy atom. The molecule has 1 unspecified atom stereocenters. The van der Waals surface area contributed by atoms with Crippen LogP contribution in [-0.2, 0) is 11.3 Å². The molecule has 0 bridgehead atoms. The summed E-state index contributed by atoms with van der Waals surface area (Å²) in [7, 11) is 0. The highest BCUT2D eigenvalue weighted by Crippen LogP contribution is 2.23. The smallest absolute Gasteiger partial charge is 0.115 e. The Labute approximate surface area is 185 Å². The van der Waals surface area contributed by atoms with E-state index in [4.69, 9.17) is 10.5 Å². The summed E-state index contributed by atoms with van der Waals surface area (Å²) >= 11 is 0. The number of aryl methyl sites for hydroxylation is 1. The molecule has 31 heavy (non-hydrogen) atoms. The van der Waals surface area contributed by atoms with Crippen LogP contribution in [0.4, 0.5) is 5.69 Å². The van der Waals surface area contributed by atoms with Gasteiger partial charge < -0.3 is 20.7 Å². The molecule has 2 aliphatic rings. The van der Waals surface area contributed by atoms with Gasteiger partial charge in [0, 0.05) is 69.5 Å². The molecule has 2 fully saturated rings. The summed E-state index contributed by atoms with van der Waals surface area (Å²) in [5, 5.41) is 3.35. The molecule has 0 spiro atoms. The van der Waals surface area contributed by atoms with Gasteiger partial charge in [-0.1, -0.05) is 6.07 Å². The summed E-state index contributed by atoms with van der Waals surface area (Å²) < 4.78 is 5.77. The first-order chi connectivity index (χ1) is 15.2. The third kappa shape index (κ3) is 5.95. The second-order valence-electron chi connectivity index (χ2n) is 8.46. The van der Waals surface area contributed by atoms with Crippen LogP contribution in [0.2, 0.25) is 0 Å². The van der Waals surface area contributed by atoms with Crippen molar-refractivity contribution in [2.75, 3.05) is 44.2 Å². The highest BCUT2D eigenvalue weighted by Gasteiger charge is 2.18. The highest BCUT2D eigenvalue weighted by atomic mass is 16.5. The number of benzene rings is 1. The maximum atomic E-state index is 6.36. The number of nitrogens with two attached hydrogens (primary N) is 1. The van der Waals surface area contributed by atoms with Crippen LogP contribution in [0.1, 0.15) is 36.1 Å². The normalized spacial score (nSPS) is 20.6. The van der Waals surface area contributed by atoms with Crippen molar-refractivity contribution >= 4 is 11.4 Å². The summed E-state index contributed by atoms with van der Waals surface area (Å²) in [4.78, 5) is 13.2. The van der Waals surface area contributed by atoms with E-state index in [1.165, 1.54) is 24.1 Å². The molecule has 7 nitrogen and oxygen atoms in total. The van der Waals surface area contributed by atoms with Gasteiger partial charge in [0.1, 0.15) is 6.33 Å². The molecule has 7 heteroatoms. The molecule has 2 saturated heterocycles. The third-order valence-electron chi connectivity index (χ3n) is 6.16. The lowest BCUT2D eigenvalue weighted by atomic mass is 10.0. The van der Waals surface area contributed by atoms with Gasteiger partial charge in [0.15, 0.2) is 0 Å². The van der Waals surface area contributed by atoms with Crippen LogP contribution in [0.3, 0.4) is 0 Å². The second kappa shape index (κ2) is 10.6. The van der Waals surface area contributed by atoms with Gasteiger partial charge in [-0.05, 0) is 49.9 Å². The van der Waals surface area contributed by atoms with Gasteiger partial charge in [0.05, 0.1) is 17.5 Å². The Morgan fingerprint density at radius 3 is 2.81 bits per heavy atom. The zero-order chi connectivity index (χ0) is 21.5. The molecule has 2 aliphatic heterocycles. The number of ether oxygens (including phenoxy) is 1. The van der Waals surface area contributed by atoms with E-state index < -0.39 is 0 Å². The number of nitrogens with one attached hydrogen (secondary N) is 1. The van der Waals surface area contributed by atoms with Gasteiger partial charge in [-0.15, -0.1) is 0 Å². The lowest BCUT2D eigenvalue weighted by molar-refractivity contribution is 0.0188. The van der Waals surface area contributed by atoms with E-state index in [2.05, 4.69) is 50.2 Å². The van der Waals surface area contributed by atoms with E-state index in [-0.39, 0.29) is 0 Å². The number of anilines is 1. The molecule has 3 N–H and O–H groups in total. The Kier molecular flexibility index (Phi) is 7.38. The molecule has 166 valence electrons. The van der Waals surface area contributed by atoms with Crippen molar-refractivity contribution in [3.63, 3.8) is 0 Å². The Bertz CT molecular complexity index is 858. The van der Waals surface area contributed by atoms with Crippen molar-refractivity contribution in [2.45, 2.75) is 38.8 Å². The molecule has 3 heterocycles. The van der Waals surface area contributed by atoms with Gasteiger partial charge in [-0.25, -0.2) is 9.97 Å². The van der Waals surface area contributed by atoms with E-state index >= 15 is 0 Å². The minimum absolute atomic E-state index is 0.300. The molecule has 1 aromatic heterocycles. The van der Waals surface area contributed by atoms with E-state index in [1.807, 2.05) is 18.5 Å². The van der Waals surface area contributed by atoms with Crippen LogP contribution in [-0.4, -0.2) is 60.3 Å². The molecular formula is C24H34N6O. The zero-order valence-electron chi connectivity index (χ0n) is 18.5. The fourth-order valence-corrected chi connectivity index (χ4v) is 4.32. The first kappa shape index (κ1) is 21.6. The fourth-order valence-electron chi connectivity index (χ4n) is 4.32. The van der Waals surface area contributed by atoms with Gasteiger partial charge in [0.25, 0.3) is 0 Å². The molecule has 1 aromatic carbocycles. The SMILES string of the molecule is Cc1cc(N2CCN(Cc3ccncn3)CC2)ccc1/C(N)=C/NCC1CCCCO1. The molecule has 0 saturated carbocycles. The average molecular weight is 423 g/mol.